The first-order valence-corrected chi connectivity index (χ1v) is 8.91. The highest BCUT2D eigenvalue weighted by Crippen LogP contribution is 2.12. The van der Waals surface area contributed by atoms with E-state index in [1.54, 1.807) is 0 Å². The number of rotatable bonds is 15. The molecule has 0 bridgehead atoms. The minimum atomic E-state index is -0.959. The van der Waals surface area contributed by atoms with Crippen LogP contribution in [0.1, 0.15) is 77.6 Å². The van der Waals surface area contributed by atoms with E-state index in [2.05, 4.69) is 6.92 Å². The molecular weight excluding hydrogens is 296 g/mol. The third kappa shape index (κ3) is 14.4. The Bertz CT molecular complexity index is 317. The first-order chi connectivity index (χ1) is 11.0. The molecule has 136 valence electrons. The molecule has 0 aliphatic carbocycles. The Hall–Kier alpha value is -0.910. The molecule has 0 heterocycles. The van der Waals surface area contributed by atoms with Crippen LogP contribution in [-0.2, 0) is 4.79 Å². The fraction of sp³-hybridized carbons (Fsp3) is 0.833. The van der Waals surface area contributed by atoms with Gasteiger partial charge in [-0.3, -0.25) is 4.79 Å². The molecule has 5 nitrogen and oxygen atoms in total. The first-order valence-electron chi connectivity index (χ1n) is 8.91. The van der Waals surface area contributed by atoms with Gasteiger partial charge in [0.2, 0.25) is 0 Å². The third-order valence-electron chi connectivity index (χ3n) is 3.92. The maximum Gasteiger partial charge on any atom is 0.303 e. The highest BCUT2D eigenvalue weighted by atomic mass is 16.4. The van der Waals surface area contributed by atoms with Gasteiger partial charge in [0.25, 0.3) is 0 Å². The van der Waals surface area contributed by atoms with Crippen LogP contribution in [0.3, 0.4) is 0 Å². The van der Waals surface area contributed by atoms with Gasteiger partial charge in [-0.25, -0.2) is 0 Å². The average molecular weight is 330 g/mol. The van der Waals surface area contributed by atoms with Crippen molar-refractivity contribution in [1.29, 1.82) is 0 Å². The van der Waals surface area contributed by atoms with E-state index < -0.39 is 24.3 Å². The number of aliphatic carboxylic acids is 1. The zero-order chi connectivity index (χ0) is 17.5. The van der Waals surface area contributed by atoms with Crippen LogP contribution in [0.5, 0.6) is 0 Å². The van der Waals surface area contributed by atoms with E-state index in [0.29, 0.717) is 25.7 Å². The summed E-state index contributed by atoms with van der Waals surface area (Å²) in [5, 5.41) is 37.9. The lowest BCUT2D eigenvalue weighted by atomic mass is 10.0. The molecule has 0 aromatic rings. The zero-order valence-electron chi connectivity index (χ0n) is 14.4. The molecule has 3 unspecified atom stereocenters. The van der Waals surface area contributed by atoms with Crippen LogP contribution in [0.25, 0.3) is 0 Å². The van der Waals surface area contributed by atoms with Gasteiger partial charge in [-0.05, 0) is 25.7 Å². The second-order valence-corrected chi connectivity index (χ2v) is 6.21. The molecular formula is C18H34O5. The van der Waals surface area contributed by atoms with E-state index in [0.717, 1.165) is 12.8 Å². The van der Waals surface area contributed by atoms with Gasteiger partial charge in [0, 0.05) is 6.42 Å². The summed E-state index contributed by atoms with van der Waals surface area (Å²) in [6.45, 7) is 2.17. The Morgan fingerprint density at radius 3 is 2.13 bits per heavy atom. The molecule has 0 saturated carbocycles. The Kier molecular flexibility index (Phi) is 14.1. The molecule has 4 N–H and O–H groups in total. The van der Waals surface area contributed by atoms with Crippen molar-refractivity contribution < 1.29 is 25.2 Å². The summed E-state index contributed by atoms with van der Waals surface area (Å²) in [6, 6.07) is 0. The van der Waals surface area contributed by atoms with Gasteiger partial charge in [-0.15, -0.1) is 0 Å². The van der Waals surface area contributed by atoms with Crippen molar-refractivity contribution in [3.63, 3.8) is 0 Å². The summed E-state index contributed by atoms with van der Waals surface area (Å²) in [5.74, 6) is -0.830. The van der Waals surface area contributed by atoms with Crippen molar-refractivity contribution in [1.82, 2.24) is 0 Å². The van der Waals surface area contributed by atoms with Crippen molar-refractivity contribution in [2.24, 2.45) is 0 Å². The largest absolute Gasteiger partial charge is 0.481 e. The summed E-state index contributed by atoms with van der Waals surface area (Å²) in [5.41, 5.74) is 0. The molecule has 0 aromatic heterocycles. The van der Waals surface area contributed by atoms with Crippen molar-refractivity contribution >= 4 is 5.97 Å². The number of carbonyl (C=O) groups is 1. The molecule has 3 atom stereocenters. The van der Waals surface area contributed by atoms with Crippen molar-refractivity contribution in [3.8, 4) is 0 Å². The third-order valence-corrected chi connectivity index (χ3v) is 3.92. The molecule has 0 amide bonds. The topological polar surface area (TPSA) is 98.0 Å². The van der Waals surface area contributed by atoms with Gasteiger partial charge < -0.3 is 20.4 Å². The molecule has 0 aromatic carbocycles. The van der Waals surface area contributed by atoms with Gasteiger partial charge in [-0.1, -0.05) is 57.6 Å². The summed E-state index contributed by atoms with van der Waals surface area (Å²) in [7, 11) is 0. The van der Waals surface area contributed by atoms with Gasteiger partial charge in [0.05, 0.1) is 18.3 Å². The van der Waals surface area contributed by atoms with Crippen molar-refractivity contribution in [3.05, 3.63) is 12.2 Å². The molecule has 5 heteroatoms. The Balaban J connectivity index is 3.74. The highest BCUT2D eigenvalue weighted by molar-refractivity contribution is 5.66. The van der Waals surface area contributed by atoms with E-state index in [9.17, 15) is 20.1 Å². The Morgan fingerprint density at radius 1 is 0.870 bits per heavy atom. The van der Waals surface area contributed by atoms with Gasteiger partial charge in [0.15, 0.2) is 0 Å². The molecule has 0 spiro atoms. The summed E-state index contributed by atoms with van der Waals surface area (Å²) < 4.78 is 0. The van der Waals surface area contributed by atoms with E-state index in [1.165, 1.54) is 37.8 Å². The SMILES string of the molecule is CCCCCCCCC(O)C(O)C=CC(O)CCCCC(=O)O. The van der Waals surface area contributed by atoms with Crippen LogP contribution in [0, 0.1) is 0 Å². The van der Waals surface area contributed by atoms with Crippen LogP contribution in [0.15, 0.2) is 12.2 Å². The molecule has 0 aliphatic rings. The zero-order valence-corrected chi connectivity index (χ0v) is 14.4. The van der Waals surface area contributed by atoms with E-state index >= 15 is 0 Å². The first kappa shape index (κ1) is 22.1. The van der Waals surface area contributed by atoms with Crippen LogP contribution in [0.2, 0.25) is 0 Å². The number of hydrogen-bond donors (Lipinski definition) is 4. The van der Waals surface area contributed by atoms with E-state index in [1.807, 2.05) is 0 Å². The lowest BCUT2D eigenvalue weighted by Crippen LogP contribution is -2.24. The minimum Gasteiger partial charge on any atom is -0.481 e. The van der Waals surface area contributed by atoms with Gasteiger partial charge in [-0.2, -0.15) is 0 Å². The highest BCUT2D eigenvalue weighted by Gasteiger charge is 2.13. The summed E-state index contributed by atoms with van der Waals surface area (Å²) in [6.07, 6.45) is 9.56. The minimum absolute atomic E-state index is 0.107. The second kappa shape index (κ2) is 14.7. The van der Waals surface area contributed by atoms with E-state index in [-0.39, 0.29) is 6.42 Å². The monoisotopic (exact) mass is 330 g/mol. The Morgan fingerprint density at radius 2 is 1.48 bits per heavy atom. The fourth-order valence-electron chi connectivity index (χ4n) is 2.40. The Labute approximate surface area is 140 Å². The second-order valence-electron chi connectivity index (χ2n) is 6.21. The van der Waals surface area contributed by atoms with Crippen LogP contribution in [0.4, 0.5) is 0 Å². The standard InChI is InChI=1S/C18H34O5/c1-2-3-4-5-6-7-11-16(20)17(21)14-13-15(19)10-8-9-12-18(22)23/h13-17,19-21H,2-12H2,1H3,(H,22,23). The van der Waals surface area contributed by atoms with Crippen LogP contribution >= 0.6 is 0 Å². The van der Waals surface area contributed by atoms with Crippen LogP contribution in [-0.4, -0.2) is 44.7 Å². The molecule has 0 saturated heterocycles. The number of unbranched alkanes of at least 4 members (excludes halogenated alkanes) is 6. The fourth-order valence-corrected chi connectivity index (χ4v) is 2.40. The predicted molar refractivity (Wildman–Crippen MR) is 91.3 cm³/mol. The molecule has 0 radical (unpaired) electrons. The number of aliphatic hydroxyl groups excluding tert-OH is 3. The number of aliphatic hydroxyl groups is 3. The average Bonchev–Trinajstić information content (AvgIpc) is 2.52. The normalized spacial score (nSPS) is 15.7. The van der Waals surface area contributed by atoms with Gasteiger partial charge >= 0.3 is 5.97 Å². The smallest absolute Gasteiger partial charge is 0.303 e. The number of hydrogen-bond acceptors (Lipinski definition) is 4. The lowest BCUT2D eigenvalue weighted by molar-refractivity contribution is -0.137. The maximum absolute atomic E-state index is 10.4. The van der Waals surface area contributed by atoms with Crippen molar-refractivity contribution in [2.45, 2.75) is 95.9 Å². The molecule has 0 fully saturated rings. The van der Waals surface area contributed by atoms with Gasteiger partial charge in [0.1, 0.15) is 0 Å². The maximum atomic E-state index is 10.4. The van der Waals surface area contributed by atoms with Crippen molar-refractivity contribution in [2.75, 3.05) is 0 Å². The molecule has 0 rings (SSSR count). The molecule has 23 heavy (non-hydrogen) atoms. The molecule has 0 aliphatic heterocycles. The number of carboxylic acid groups (broad SMARTS) is 1. The van der Waals surface area contributed by atoms with E-state index in [4.69, 9.17) is 5.11 Å². The predicted octanol–water partition coefficient (Wildman–Crippen LogP) is 3.02. The lowest BCUT2D eigenvalue weighted by Gasteiger charge is -2.15. The summed E-state index contributed by atoms with van der Waals surface area (Å²) in [4.78, 5) is 10.4. The summed E-state index contributed by atoms with van der Waals surface area (Å²) >= 11 is 0. The number of carboxylic acids is 1. The van der Waals surface area contributed by atoms with Crippen LogP contribution < -0.4 is 0 Å². The quantitative estimate of drug-likeness (QED) is 0.273.